The number of thiocyanates is 1. The van der Waals surface area contributed by atoms with E-state index in [0.717, 1.165) is 0 Å². The van der Waals surface area contributed by atoms with Gasteiger partial charge in [-0.3, -0.25) is 9.59 Å². The number of esters is 1. The highest BCUT2D eigenvalue weighted by Crippen LogP contribution is 2.40. The Morgan fingerprint density at radius 3 is 2.04 bits per heavy atom. The molecule has 3 rings (SSSR count). The van der Waals surface area contributed by atoms with Crippen molar-refractivity contribution in [3.63, 3.8) is 0 Å². The Labute approximate surface area is 327 Å². The number of rotatable bonds is 7. The number of nitrogens with zero attached hydrogens (tertiary/aromatic N) is 2. The van der Waals surface area contributed by atoms with Crippen molar-refractivity contribution >= 4 is 24.4 Å². The Balaban J connectivity index is 0.00000325. The van der Waals surface area contributed by atoms with E-state index in [4.69, 9.17) is 33.7 Å². The Bertz CT molecular complexity index is 1270. The maximum atomic E-state index is 14.1. The zero-order valence-corrected chi connectivity index (χ0v) is 35.2. The van der Waals surface area contributed by atoms with Gasteiger partial charge in [-0.25, -0.2) is 0 Å². The van der Waals surface area contributed by atoms with Gasteiger partial charge in [0.05, 0.1) is 47.6 Å². The van der Waals surface area contributed by atoms with Gasteiger partial charge in [-0.2, -0.15) is 5.26 Å². The molecule has 18 atom stereocenters. The number of aliphatic hydroxyl groups excluding tert-OH is 3. The van der Waals surface area contributed by atoms with E-state index in [-0.39, 0.29) is 31.4 Å². The molecule has 3 aliphatic rings. The van der Waals surface area contributed by atoms with E-state index >= 15 is 0 Å². The number of hydrogen-bond donors (Lipinski definition) is 6. The predicted molar refractivity (Wildman–Crippen MR) is 201 cm³/mol. The molecule has 0 aromatic heterocycles. The Morgan fingerprint density at radius 1 is 0.944 bits per heavy atom. The molecule has 0 bridgehead atoms. The maximum Gasteiger partial charge on any atom is 0.311 e. The first-order valence-corrected chi connectivity index (χ1v) is 19.4. The first-order valence-electron chi connectivity index (χ1n) is 18.9. The van der Waals surface area contributed by atoms with Gasteiger partial charge in [0.25, 0.3) is 0 Å². The minimum Gasteiger partial charge on any atom is -0.459 e. The molecular formula is C38H68N2O13S. The third-order valence-electron chi connectivity index (χ3n) is 11.8. The summed E-state index contributed by atoms with van der Waals surface area (Å²) in [5.41, 5.74) is -4.84. The van der Waals surface area contributed by atoms with Gasteiger partial charge >= 0.3 is 5.97 Å². The number of methoxy groups -OCH3 is 1. The van der Waals surface area contributed by atoms with E-state index in [1.54, 1.807) is 41.5 Å². The zero-order valence-electron chi connectivity index (χ0n) is 34.3. The molecule has 5 N–H and O–H groups in total. The minimum atomic E-state index is -1.99. The third-order valence-corrected chi connectivity index (χ3v) is 11.8. The van der Waals surface area contributed by atoms with Crippen molar-refractivity contribution in [3.8, 4) is 5.40 Å². The van der Waals surface area contributed by atoms with E-state index in [1.807, 2.05) is 25.9 Å². The number of thiol groups is 1. The SMILES string of the molecule is CCC1OC(=O)C(C)C(OC2C[C@@](C)(OC)C(O)C(C)O2)C(C)C(OC2OC(C)CC(N(C)C)C2O)[C@](C)(O)CC(C)C(=O)C(C)C(O)[C@]1(C)O.N#CS. The van der Waals surface area contributed by atoms with Crippen LogP contribution in [0.5, 0.6) is 0 Å². The summed E-state index contributed by atoms with van der Waals surface area (Å²) in [6.45, 7) is 16.3. The number of cyclic esters (lactones) is 1. The molecule has 54 heavy (non-hydrogen) atoms. The topological polar surface area (TPSA) is 218 Å². The highest BCUT2D eigenvalue weighted by molar-refractivity contribution is 7.85. The lowest BCUT2D eigenvalue weighted by molar-refractivity contribution is -0.318. The van der Waals surface area contributed by atoms with Gasteiger partial charge in [0.15, 0.2) is 12.6 Å². The molecule has 3 heterocycles. The van der Waals surface area contributed by atoms with Gasteiger partial charge in [-0.15, -0.1) is 0 Å². The second-order valence-electron chi connectivity index (χ2n) is 16.6. The van der Waals surface area contributed by atoms with Crippen LogP contribution in [0.15, 0.2) is 0 Å². The molecule has 3 fully saturated rings. The van der Waals surface area contributed by atoms with Gasteiger partial charge in [0, 0.05) is 37.3 Å². The molecule has 16 heteroatoms. The van der Waals surface area contributed by atoms with Gasteiger partial charge in [-0.1, -0.05) is 40.3 Å². The number of hydrogen-bond acceptors (Lipinski definition) is 16. The molecule has 15 unspecified atom stereocenters. The monoisotopic (exact) mass is 792 g/mol. The lowest BCUT2D eigenvalue weighted by Crippen LogP contribution is -2.61. The number of aliphatic hydroxyl groups is 5. The average molecular weight is 793 g/mol. The summed E-state index contributed by atoms with van der Waals surface area (Å²) in [5.74, 6) is -4.98. The van der Waals surface area contributed by atoms with Crippen LogP contribution in [-0.2, 0) is 38.0 Å². The number of nitriles is 1. The molecule has 3 saturated heterocycles. The Morgan fingerprint density at radius 2 is 1.52 bits per heavy atom. The highest BCUT2D eigenvalue weighted by Gasteiger charge is 2.53. The molecule has 314 valence electrons. The number of Topliss-reactive ketones (excluding diaryl/α,β-unsaturated/α-hetero) is 1. The summed E-state index contributed by atoms with van der Waals surface area (Å²) < 4.78 is 37.1. The van der Waals surface area contributed by atoms with Gasteiger partial charge in [0.1, 0.15) is 35.1 Å². The molecule has 0 aromatic rings. The summed E-state index contributed by atoms with van der Waals surface area (Å²) in [7, 11) is 5.18. The molecular weight excluding hydrogens is 724 g/mol. The summed E-state index contributed by atoms with van der Waals surface area (Å²) in [4.78, 5) is 29.8. The molecule has 0 spiro atoms. The number of carbonyl (C=O) groups excluding carboxylic acids is 2. The van der Waals surface area contributed by atoms with Crippen molar-refractivity contribution in [3.05, 3.63) is 0 Å². The lowest BCUT2D eigenvalue weighted by atomic mass is 9.74. The Hall–Kier alpha value is -1.46. The maximum absolute atomic E-state index is 14.1. The van der Waals surface area contributed by atoms with Crippen molar-refractivity contribution in [1.82, 2.24) is 4.90 Å². The van der Waals surface area contributed by atoms with Crippen LogP contribution in [0.2, 0.25) is 0 Å². The molecule has 0 aromatic carbocycles. The normalized spacial score (nSPS) is 47.1. The fourth-order valence-corrected chi connectivity index (χ4v) is 8.41. The van der Waals surface area contributed by atoms with Crippen molar-refractivity contribution in [1.29, 1.82) is 5.26 Å². The molecule has 0 saturated carbocycles. The third kappa shape index (κ3) is 11.1. The summed E-state index contributed by atoms with van der Waals surface area (Å²) in [5, 5.41) is 66.2. The predicted octanol–water partition coefficient (Wildman–Crippen LogP) is 2.18. The molecule has 0 amide bonds. The second kappa shape index (κ2) is 19.8. The number of ketones is 1. The van der Waals surface area contributed by atoms with Crippen LogP contribution in [0.3, 0.4) is 0 Å². The van der Waals surface area contributed by atoms with Crippen LogP contribution >= 0.6 is 12.6 Å². The van der Waals surface area contributed by atoms with Crippen LogP contribution in [-0.4, -0.2) is 148 Å². The van der Waals surface area contributed by atoms with E-state index in [9.17, 15) is 35.1 Å². The average Bonchev–Trinajstić information content (AvgIpc) is 3.09. The van der Waals surface area contributed by atoms with Gasteiger partial charge in [0.2, 0.25) is 0 Å². The second-order valence-corrected chi connectivity index (χ2v) is 16.8. The smallest absolute Gasteiger partial charge is 0.311 e. The quantitative estimate of drug-likeness (QED) is 0.124. The summed E-state index contributed by atoms with van der Waals surface area (Å²) >= 11 is 3.09. The van der Waals surface area contributed by atoms with Crippen LogP contribution in [0.4, 0.5) is 0 Å². The largest absolute Gasteiger partial charge is 0.459 e. The standard InChI is InChI=1S/C37H67NO13.CHNS/c1-14-25-37(10,45)30(41)20(4)27(39)18(2)16-35(8,44)32(51-34-28(40)24(38(11)12)15-19(3)47-34)21(5)29(22(6)33(43)49-25)50-26-17-36(9,46-13)31(42)23(7)48-26;2-1-3/h18-26,28-32,34,40-42,44-45H,14-17H2,1-13H3;3H/t18?,19?,20?,21?,22?,23?,24?,25?,26?,28?,29?,30?,31?,32?,34?,35-,36-,37-;/m1./s1. The lowest BCUT2D eigenvalue weighted by Gasteiger charge is -2.49. The van der Waals surface area contributed by atoms with Gasteiger partial charge in [-0.05, 0) is 74.9 Å². The number of ether oxygens (including phenoxy) is 6. The molecule has 15 nitrogen and oxygen atoms in total. The molecule has 3 aliphatic heterocycles. The first-order chi connectivity index (χ1) is 24.8. The van der Waals surface area contributed by atoms with Gasteiger partial charge < -0.3 is 58.9 Å². The van der Waals surface area contributed by atoms with E-state index in [0.29, 0.717) is 6.42 Å². The van der Waals surface area contributed by atoms with E-state index in [2.05, 4.69) is 12.6 Å². The first kappa shape index (κ1) is 48.7. The zero-order chi connectivity index (χ0) is 41.7. The van der Waals surface area contributed by atoms with Crippen LogP contribution < -0.4 is 0 Å². The van der Waals surface area contributed by atoms with Crippen molar-refractivity contribution in [2.45, 2.75) is 179 Å². The van der Waals surface area contributed by atoms with Crippen molar-refractivity contribution < 1.29 is 63.5 Å². The molecule has 0 aliphatic carbocycles. The summed E-state index contributed by atoms with van der Waals surface area (Å²) in [6, 6.07) is -0.324. The van der Waals surface area contributed by atoms with E-state index in [1.165, 1.54) is 33.3 Å². The van der Waals surface area contributed by atoms with Crippen LogP contribution in [0.1, 0.15) is 94.9 Å². The van der Waals surface area contributed by atoms with Crippen molar-refractivity contribution in [2.75, 3.05) is 21.2 Å². The van der Waals surface area contributed by atoms with Crippen LogP contribution in [0.25, 0.3) is 0 Å². The Kier molecular flexibility index (Phi) is 17.9. The summed E-state index contributed by atoms with van der Waals surface area (Å²) in [6.07, 6.45) is -9.71. The minimum absolute atomic E-state index is 0.0936. The van der Waals surface area contributed by atoms with E-state index < -0.39 is 108 Å². The number of carbonyl (C=O) groups is 2. The fourth-order valence-electron chi connectivity index (χ4n) is 8.41. The fraction of sp³-hybridized carbons (Fsp3) is 0.921. The highest BCUT2D eigenvalue weighted by atomic mass is 32.1. The number of likely N-dealkylation sites (N-methyl/N-ethyl adjacent to an activating group) is 1. The molecule has 0 radical (unpaired) electrons. The van der Waals surface area contributed by atoms with Crippen LogP contribution in [0, 0.1) is 34.3 Å². The van der Waals surface area contributed by atoms with Crippen molar-refractivity contribution in [2.24, 2.45) is 23.7 Å².